The second-order valence-electron chi connectivity index (χ2n) is 4.53. The highest BCUT2D eigenvalue weighted by molar-refractivity contribution is 5.70. The standard InChI is InChI=1S/C12H23NO4/c1-3-4-5-15-6-7-16-11(14)8-17-12(2)9-13-10-12/h13H,3-10H2,1-2H3. The SMILES string of the molecule is CCCCOCCOC(=O)COC1(C)CNC1. The summed E-state index contributed by atoms with van der Waals surface area (Å²) in [6.45, 7) is 7.19. The summed E-state index contributed by atoms with van der Waals surface area (Å²) in [5, 5.41) is 3.10. The summed E-state index contributed by atoms with van der Waals surface area (Å²) in [5.74, 6) is -0.322. The summed E-state index contributed by atoms with van der Waals surface area (Å²) >= 11 is 0. The van der Waals surface area contributed by atoms with E-state index in [0.29, 0.717) is 13.2 Å². The number of hydrogen-bond donors (Lipinski definition) is 1. The van der Waals surface area contributed by atoms with Crippen molar-refractivity contribution in [3.05, 3.63) is 0 Å². The van der Waals surface area contributed by atoms with Crippen LogP contribution in [0.4, 0.5) is 0 Å². The van der Waals surface area contributed by atoms with E-state index in [4.69, 9.17) is 14.2 Å². The molecule has 0 amide bonds. The van der Waals surface area contributed by atoms with Crippen LogP contribution in [0, 0.1) is 0 Å². The molecule has 0 unspecified atom stereocenters. The van der Waals surface area contributed by atoms with E-state index in [2.05, 4.69) is 12.2 Å². The van der Waals surface area contributed by atoms with Gasteiger partial charge in [-0.15, -0.1) is 0 Å². The van der Waals surface area contributed by atoms with Crippen molar-refractivity contribution < 1.29 is 19.0 Å². The average molecular weight is 245 g/mol. The molecule has 5 nitrogen and oxygen atoms in total. The van der Waals surface area contributed by atoms with Crippen molar-refractivity contribution in [2.24, 2.45) is 0 Å². The van der Waals surface area contributed by atoms with E-state index in [9.17, 15) is 4.79 Å². The van der Waals surface area contributed by atoms with Gasteiger partial charge in [0.25, 0.3) is 0 Å². The molecular formula is C12H23NO4. The Balaban J connectivity index is 1.90. The summed E-state index contributed by atoms with van der Waals surface area (Å²) in [5.41, 5.74) is -0.198. The molecule has 0 spiro atoms. The van der Waals surface area contributed by atoms with Crippen LogP contribution in [0.2, 0.25) is 0 Å². The second-order valence-corrected chi connectivity index (χ2v) is 4.53. The number of rotatable bonds is 9. The van der Waals surface area contributed by atoms with Crippen molar-refractivity contribution in [2.75, 3.05) is 39.5 Å². The van der Waals surface area contributed by atoms with Gasteiger partial charge < -0.3 is 19.5 Å². The average Bonchev–Trinajstić information content (AvgIpc) is 2.28. The molecule has 0 aliphatic carbocycles. The molecule has 1 fully saturated rings. The highest BCUT2D eigenvalue weighted by atomic mass is 16.6. The van der Waals surface area contributed by atoms with Gasteiger partial charge in [-0.05, 0) is 13.3 Å². The van der Waals surface area contributed by atoms with Gasteiger partial charge in [-0.25, -0.2) is 4.79 Å². The molecule has 0 bridgehead atoms. The predicted molar refractivity (Wildman–Crippen MR) is 63.9 cm³/mol. The van der Waals surface area contributed by atoms with E-state index in [0.717, 1.165) is 32.5 Å². The minimum absolute atomic E-state index is 0.0210. The van der Waals surface area contributed by atoms with Gasteiger partial charge in [0, 0.05) is 19.7 Å². The molecule has 1 aliphatic heterocycles. The van der Waals surface area contributed by atoms with Crippen LogP contribution in [-0.2, 0) is 19.0 Å². The summed E-state index contributed by atoms with van der Waals surface area (Å²) in [4.78, 5) is 11.3. The van der Waals surface area contributed by atoms with Gasteiger partial charge in [0.15, 0.2) is 0 Å². The molecule has 0 saturated carbocycles. The lowest BCUT2D eigenvalue weighted by molar-refractivity contribution is -0.159. The van der Waals surface area contributed by atoms with E-state index < -0.39 is 0 Å². The Labute approximate surface area is 103 Å². The minimum atomic E-state index is -0.322. The summed E-state index contributed by atoms with van der Waals surface area (Å²) < 4.78 is 15.7. The molecular weight excluding hydrogens is 222 g/mol. The van der Waals surface area contributed by atoms with Crippen molar-refractivity contribution in [2.45, 2.75) is 32.3 Å². The Morgan fingerprint density at radius 2 is 2.06 bits per heavy atom. The van der Waals surface area contributed by atoms with Crippen LogP contribution in [0.3, 0.4) is 0 Å². The lowest BCUT2D eigenvalue weighted by atomic mass is 10.0. The number of esters is 1. The zero-order valence-electron chi connectivity index (χ0n) is 10.8. The molecule has 1 saturated heterocycles. The van der Waals surface area contributed by atoms with Gasteiger partial charge in [-0.2, -0.15) is 0 Å². The molecule has 0 aromatic carbocycles. The Bertz CT molecular complexity index is 229. The van der Waals surface area contributed by atoms with E-state index >= 15 is 0 Å². The smallest absolute Gasteiger partial charge is 0.332 e. The third-order valence-corrected chi connectivity index (χ3v) is 2.67. The highest BCUT2D eigenvalue weighted by Gasteiger charge is 2.33. The molecule has 0 atom stereocenters. The van der Waals surface area contributed by atoms with Crippen LogP contribution in [0.15, 0.2) is 0 Å². The van der Waals surface area contributed by atoms with Gasteiger partial charge in [0.05, 0.1) is 12.2 Å². The van der Waals surface area contributed by atoms with Crippen LogP contribution in [0.25, 0.3) is 0 Å². The van der Waals surface area contributed by atoms with E-state index in [1.807, 2.05) is 6.92 Å². The third kappa shape index (κ3) is 6.00. The molecule has 17 heavy (non-hydrogen) atoms. The number of nitrogens with one attached hydrogen (secondary N) is 1. The molecule has 1 aliphatic rings. The van der Waals surface area contributed by atoms with Crippen LogP contribution >= 0.6 is 0 Å². The normalized spacial score (nSPS) is 17.5. The van der Waals surface area contributed by atoms with Crippen LogP contribution in [0.1, 0.15) is 26.7 Å². The van der Waals surface area contributed by atoms with Crippen LogP contribution in [-0.4, -0.2) is 51.1 Å². The maximum absolute atomic E-state index is 11.3. The van der Waals surface area contributed by atoms with E-state index in [1.54, 1.807) is 0 Å². The first-order chi connectivity index (χ1) is 8.16. The third-order valence-electron chi connectivity index (χ3n) is 2.67. The highest BCUT2D eigenvalue weighted by Crippen LogP contribution is 2.14. The summed E-state index contributed by atoms with van der Waals surface area (Å²) in [7, 11) is 0. The van der Waals surface area contributed by atoms with Gasteiger partial charge in [0.2, 0.25) is 0 Å². The van der Waals surface area contributed by atoms with Gasteiger partial charge in [-0.3, -0.25) is 0 Å². The topological polar surface area (TPSA) is 56.8 Å². The van der Waals surface area contributed by atoms with Gasteiger partial charge in [0.1, 0.15) is 13.2 Å². The zero-order chi connectivity index (χ0) is 12.6. The fourth-order valence-corrected chi connectivity index (χ4v) is 1.42. The maximum Gasteiger partial charge on any atom is 0.332 e. The van der Waals surface area contributed by atoms with Crippen LogP contribution in [0.5, 0.6) is 0 Å². The first-order valence-electron chi connectivity index (χ1n) is 6.24. The Morgan fingerprint density at radius 3 is 2.65 bits per heavy atom. The number of carbonyl (C=O) groups is 1. The molecule has 1 N–H and O–H groups in total. The molecule has 0 aromatic heterocycles. The Kier molecular flexibility index (Phi) is 6.47. The number of carbonyl (C=O) groups excluding carboxylic acids is 1. The molecule has 0 aromatic rings. The van der Waals surface area contributed by atoms with Crippen molar-refractivity contribution in [3.63, 3.8) is 0 Å². The molecule has 0 radical (unpaired) electrons. The van der Waals surface area contributed by atoms with Crippen LogP contribution < -0.4 is 5.32 Å². The van der Waals surface area contributed by atoms with Crippen molar-refractivity contribution in [1.29, 1.82) is 0 Å². The number of ether oxygens (including phenoxy) is 3. The molecule has 1 heterocycles. The van der Waals surface area contributed by atoms with Gasteiger partial charge >= 0.3 is 5.97 Å². The molecule has 100 valence electrons. The maximum atomic E-state index is 11.3. The van der Waals surface area contributed by atoms with Crippen molar-refractivity contribution >= 4 is 5.97 Å². The van der Waals surface area contributed by atoms with Gasteiger partial charge in [-0.1, -0.05) is 13.3 Å². The monoisotopic (exact) mass is 245 g/mol. The lowest BCUT2D eigenvalue weighted by Crippen LogP contribution is -2.59. The molecule has 1 rings (SSSR count). The van der Waals surface area contributed by atoms with E-state index in [1.165, 1.54) is 0 Å². The fraction of sp³-hybridized carbons (Fsp3) is 0.917. The van der Waals surface area contributed by atoms with Crippen molar-refractivity contribution in [1.82, 2.24) is 5.32 Å². The zero-order valence-corrected chi connectivity index (χ0v) is 10.8. The summed E-state index contributed by atoms with van der Waals surface area (Å²) in [6, 6.07) is 0. The Hall–Kier alpha value is -0.650. The quantitative estimate of drug-likeness (QED) is 0.479. The largest absolute Gasteiger partial charge is 0.462 e. The minimum Gasteiger partial charge on any atom is -0.462 e. The number of hydrogen-bond acceptors (Lipinski definition) is 5. The second kappa shape index (κ2) is 7.63. The van der Waals surface area contributed by atoms with E-state index in [-0.39, 0.29) is 18.2 Å². The summed E-state index contributed by atoms with van der Waals surface area (Å²) in [6.07, 6.45) is 2.16. The predicted octanol–water partition coefficient (Wildman–Crippen LogP) is 0.725. The number of unbranched alkanes of at least 4 members (excludes halogenated alkanes) is 1. The first-order valence-corrected chi connectivity index (χ1v) is 6.24. The molecule has 5 heteroatoms. The lowest BCUT2D eigenvalue weighted by Gasteiger charge is -2.38. The fourth-order valence-electron chi connectivity index (χ4n) is 1.42. The Morgan fingerprint density at radius 1 is 1.29 bits per heavy atom. The van der Waals surface area contributed by atoms with Crippen molar-refractivity contribution in [3.8, 4) is 0 Å². The first kappa shape index (κ1) is 14.4.